The Hall–Kier alpha value is -0.980. The molecule has 0 amide bonds. The van der Waals surface area contributed by atoms with Gasteiger partial charge in [-0.25, -0.2) is 5.48 Å². The van der Waals surface area contributed by atoms with E-state index in [9.17, 15) is 13.2 Å². The van der Waals surface area contributed by atoms with Crippen molar-refractivity contribution >= 4 is 11.6 Å². The minimum Gasteiger partial charge on any atom is -0.404 e. The third-order valence-corrected chi connectivity index (χ3v) is 1.80. The third-order valence-electron chi connectivity index (χ3n) is 1.51. The lowest BCUT2D eigenvalue weighted by Gasteiger charge is -2.10. The van der Waals surface area contributed by atoms with Crippen LogP contribution in [0, 0.1) is 0 Å². The van der Waals surface area contributed by atoms with E-state index >= 15 is 0 Å². The Morgan fingerprint density at radius 3 is 2.53 bits per heavy atom. The fourth-order valence-electron chi connectivity index (χ4n) is 0.953. The molecule has 1 aromatic carbocycles. The molecule has 0 aromatic heterocycles. The summed E-state index contributed by atoms with van der Waals surface area (Å²) in [6, 6.07) is 3.71. The number of rotatable bonds is 3. The minimum absolute atomic E-state index is 0.0893. The van der Waals surface area contributed by atoms with E-state index in [1.807, 2.05) is 5.48 Å². The second-order valence-electron chi connectivity index (χ2n) is 2.65. The Morgan fingerprint density at radius 1 is 1.40 bits per heavy atom. The van der Waals surface area contributed by atoms with Gasteiger partial charge in [0, 0.05) is 6.54 Å². The molecule has 1 aromatic rings. The van der Waals surface area contributed by atoms with E-state index in [-0.39, 0.29) is 11.6 Å². The Kier molecular flexibility index (Phi) is 3.78. The fraction of sp³-hybridized carbons (Fsp3) is 0.250. The van der Waals surface area contributed by atoms with E-state index in [1.165, 1.54) is 12.1 Å². The van der Waals surface area contributed by atoms with E-state index in [0.29, 0.717) is 5.56 Å². The Balaban J connectivity index is 2.84. The van der Waals surface area contributed by atoms with Gasteiger partial charge in [0.25, 0.3) is 0 Å². The van der Waals surface area contributed by atoms with Crippen LogP contribution in [0.4, 0.5) is 13.2 Å². The summed E-state index contributed by atoms with van der Waals surface area (Å²) in [6.45, 7) is 0.0893. The topological polar surface area (TPSA) is 41.5 Å². The standard InChI is InChI=1S/C8H7ClF3NO2/c9-6-3-5(4-13-14)1-2-7(6)15-8(10,11)12/h1-3,13-14H,4H2. The zero-order valence-corrected chi connectivity index (χ0v) is 8.06. The van der Waals surface area contributed by atoms with Crippen LogP contribution in [0.3, 0.4) is 0 Å². The van der Waals surface area contributed by atoms with Crippen molar-refractivity contribution in [3.63, 3.8) is 0 Å². The van der Waals surface area contributed by atoms with E-state index < -0.39 is 12.1 Å². The molecule has 2 N–H and O–H groups in total. The van der Waals surface area contributed by atoms with Crippen molar-refractivity contribution in [3.05, 3.63) is 28.8 Å². The molecule has 15 heavy (non-hydrogen) atoms. The zero-order chi connectivity index (χ0) is 11.5. The maximum absolute atomic E-state index is 11.8. The zero-order valence-electron chi connectivity index (χ0n) is 7.31. The second-order valence-corrected chi connectivity index (χ2v) is 3.05. The summed E-state index contributed by atoms with van der Waals surface area (Å²) in [5.41, 5.74) is 2.40. The maximum Gasteiger partial charge on any atom is 0.573 e. The van der Waals surface area contributed by atoms with E-state index in [0.717, 1.165) is 6.07 Å². The highest BCUT2D eigenvalue weighted by atomic mass is 35.5. The largest absolute Gasteiger partial charge is 0.573 e. The van der Waals surface area contributed by atoms with Crippen molar-refractivity contribution in [1.82, 2.24) is 5.48 Å². The molecule has 0 aliphatic heterocycles. The van der Waals surface area contributed by atoms with E-state index in [1.54, 1.807) is 0 Å². The fourth-order valence-corrected chi connectivity index (χ4v) is 1.19. The molecule has 0 atom stereocenters. The summed E-state index contributed by atoms with van der Waals surface area (Å²) in [7, 11) is 0. The van der Waals surface area contributed by atoms with Gasteiger partial charge >= 0.3 is 6.36 Å². The predicted molar refractivity (Wildman–Crippen MR) is 46.8 cm³/mol. The van der Waals surface area contributed by atoms with Crippen LogP contribution in [0.2, 0.25) is 5.02 Å². The lowest BCUT2D eigenvalue weighted by molar-refractivity contribution is -0.274. The van der Waals surface area contributed by atoms with Crippen LogP contribution in [0.25, 0.3) is 0 Å². The van der Waals surface area contributed by atoms with Crippen molar-refractivity contribution in [2.45, 2.75) is 12.9 Å². The van der Waals surface area contributed by atoms with Crippen molar-refractivity contribution in [2.75, 3.05) is 0 Å². The highest BCUT2D eigenvalue weighted by Crippen LogP contribution is 2.30. The molecule has 0 unspecified atom stereocenters. The summed E-state index contributed by atoms with van der Waals surface area (Å²) in [5, 5.41) is 8.20. The van der Waals surface area contributed by atoms with Gasteiger partial charge in [0.05, 0.1) is 5.02 Å². The number of ether oxygens (including phenoxy) is 1. The lowest BCUT2D eigenvalue weighted by atomic mass is 10.2. The number of hydrogen-bond acceptors (Lipinski definition) is 3. The first-order valence-electron chi connectivity index (χ1n) is 3.83. The van der Waals surface area contributed by atoms with Crippen LogP contribution < -0.4 is 10.2 Å². The van der Waals surface area contributed by atoms with Gasteiger partial charge in [0.1, 0.15) is 5.75 Å². The Morgan fingerprint density at radius 2 is 2.07 bits per heavy atom. The quantitative estimate of drug-likeness (QED) is 0.800. The van der Waals surface area contributed by atoms with Crippen LogP contribution >= 0.6 is 11.6 Å². The number of hydroxylamine groups is 1. The second kappa shape index (κ2) is 4.69. The molecule has 0 saturated heterocycles. The van der Waals surface area contributed by atoms with E-state index in [4.69, 9.17) is 16.8 Å². The number of hydrogen-bond donors (Lipinski definition) is 2. The molecule has 84 valence electrons. The van der Waals surface area contributed by atoms with Crippen LogP contribution in [-0.2, 0) is 6.54 Å². The maximum atomic E-state index is 11.8. The van der Waals surface area contributed by atoms with Gasteiger partial charge in [0.2, 0.25) is 0 Å². The monoisotopic (exact) mass is 241 g/mol. The molecule has 1 rings (SSSR count). The first-order chi connectivity index (χ1) is 6.92. The molecular formula is C8H7ClF3NO2. The normalized spacial score (nSPS) is 11.5. The SMILES string of the molecule is ONCc1ccc(OC(F)(F)F)c(Cl)c1. The van der Waals surface area contributed by atoms with Crippen molar-refractivity contribution in [1.29, 1.82) is 0 Å². The van der Waals surface area contributed by atoms with Gasteiger partial charge in [-0.15, -0.1) is 13.2 Å². The van der Waals surface area contributed by atoms with Crippen LogP contribution in [-0.4, -0.2) is 11.6 Å². The number of benzene rings is 1. The van der Waals surface area contributed by atoms with Gasteiger partial charge in [-0.1, -0.05) is 17.7 Å². The summed E-state index contributed by atoms with van der Waals surface area (Å²) in [5.74, 6) is -0.467. The molecule has 7 heteroatoms. The molecule has 0 radical (unpaired) electrons. The highest BCUT2D eigenvalue weighted by Gasteiger charge is 2.31. The molecule has 0 spiro atoms. The van der Waals surface area contributed by atoms with Gasteiger partial charge in [0.15, 0.2) is 0 Å². The molecular weight excluding hydrogens is 235 g/mol. The summed E-state index contributed by atoms with van der Waals surface area (Å²) < 4.78 is 39.2. The van der Waals surface area contributed by atoms with Crippen molar-refractivity contribution in [2.24, 2.45) is 0 Å². The summed E-state index contributed by atoms with van der Waals surface area (Å²) in [6.07, 6.45) is -4.76. The Labute approximate surface area is 88.4 Å². The average Bonchev–Trinajstić information content (AvgIpc) is 2.08. The molecule has 0 heterocycles. The van der Waals surface area contributed by atoms with E-state index in [2.05, 4.69) is 4.74 Å². The number of alkyl halides is 3. The molecule has 0 bridgehead atoms. The summed E-state index contributed by atoms with van der Waals surface area (Å²) in [4.78, 5) is 0. The summed E-state index contributed by atoms with van der Waals surface area (Å²) >= 11 is 5.54. The molecule has 0 aliphatic rings. The van der Waals surface area contributed by atoms with Gasteiger partial charge in [-0.2, -0.15) is 0 Å². The first kappa shape index (κ1) is 12.1. The van der Waals surface area contributed by atoms with Gasteiger partial charge in [-0.3, -0.25) is 0 Å². The third kappa shape index (κ3) is 3.94. The molecule has 3 nitrogen and oxygen atoms in total. The predicted octanol–water partition coefficient (Wildman–Crippen LogP) is 2.72. The highest BCUT2D eigenvalue weighted by molar-refractivity contribution is 6.32. The first-order valence-corrected chi connectivity index (χ1v) is 4.21. The van der Waals surface area contributed by atoms with Gasteiger partial charge in [-0.05, 0) is 17.7 Å². The molecule has 0 saturated carbocycles. The number of halogens is 4. The average molecular weight is 242 g/mol. The molecule has 0 fully saturated rings. The Bertz CT molecular complexity index is 343. The van der Waals surface area contributed by atoms with Crippen LogP contribution in [0.15, 0.2) is 18.2 Å². The molecule has 0 aliphatic carbocycles. The smallest absolute Gasteiger partial charge is 0.404 e. The lowest BCUT2D eigenvalue weighted by Crippen LogP contribution is -2.17. The van der Waals surface area contributed by atoms with Crippen molar-refractivity contribution < 1.29 is 23.1 Å². The van der Waals surface area contributed by atoms with Crippen LogP contribution in [0.1, 0.15) is 5.56 Å². The minimum atomic E-state index is -4.76. The van der Waals surface area contributed by atoms with Crippen molar-refractivity contribution in [3.8, 4) is 5.75 Å². The van der Waals surface area contributed by atoms with Gasteiger partial charge < -0.3 is 9.94 Å². The van der Waals surface area contributed by atoms with Crippen LogP contribution in [0.5, 0.6) is 5.75 Å². The number of nitrogens with one attached hydrogen (secondary N) is 1.